The van der Waals surface area contributed by atoms with Crippen molar-refractivity contribution in [1.82, 2.24) is 0 Å². The molecule has 0 saturated carbocycles. The van der Waals surface area contributed by atoms with Crippen LogP contribution in [0.2, 0.25) is 0 Å². The fraction of sp³-hybridized carbons (Fsp3) is 0.333. The number of carboxylic acids is 1. The first kappa shape index (κ1) is 15.0. The Morgan fingerprint density at radius 1 is 1.26 bits per heavy atom. The van der Waals surface area contributed by atoms with Crippen molar-refractivity contribution in [3.63, 3.8) is 0 Å². The van der Waals surface area contributed by atoms with Gasteiger partial charge in [-0.15, -0.1) is 0 Å². The fourth-order valence-corrected chi connectivity index (χ4v) is 1.57. The van der Waals surface area contributed by atoms with E-state index in [0.717, 1.165) is 25.3 Å². The van der Waals surface area contributed by atoms with Gasteiger partial charge in [0.1, 0.15) is 5.75 Å². The van der Waals surface area contributed by atoms with Crippen LogP contribution in [0.3, 0.4) is 0 Å². The summed E-state index contributed by atoms with van der Waals surface area (Å²) in [5, 5.41) is 8.60. The minimum Gasteiger partial charge on any atom is -0.478 e. The lowest BCUT2D eigenvalue weighted by Crippen LogP contribution is -2.08. The van der Waals surface area contributed by atoms with Crippen molar-refractivity contribution in [3.05, 3.63) is 35.9 Å². The molecular formula is C15H18O4. The molecule has 1 aromatic rings. The molecule has 0 atom stereocenters. The largest absolute Gasteiger partial charge is 0.478 e. The van der Waals surface area contributed by atoms with E-state index in [-0.39, 0.29) is 5.97 Å². The molecule has 0 radical (unpaired) electrons. The number of carbonyl (C=O) groups excluding carboxylic acids is 1. The Morgan fingerprint density at radius 3 is 2.68 bits per heavy atom. The second kappa shape index (κ2) is 8.08. The van der Waals surface area contributed by atoms with Crippen LogP contribution in [0.4, 0.5) is 0 Å². The molecule has 4 nitrogen and oxygen atoms in total. The fourth-order valence-electron chi connectivity index (χ4n) is 1.57. The Morgan fingerprint density at radius 2 is 2.00 bits per heavy atom. The molecule has 0 unspecified atom stereocenters. The third-order valence-electron chi connectivity index (χ3n) is 2.53. The third-order valence-corrected chi connectivity index (χ3v) is 2.53. The summed E-state index contributed by atoms with van der Waals surface area (Å²) in [7, 11) is 0. The predicted octanol–water partition coefficient (Wildman–Crippen LogP) is 3.27. The lowest BCUT2D eigenvalue weighted by molar-refractivity contribution is -0.134. The lowest BCUT2D eigenvalue weighted by atomic mass is 10.2. The first-order valence-electron chi connectivity index (χ1n) is 6.34. The van der Waals surface area contributed by atoms with Gasteiger partial charge in [-0.1, -0.05) is 38.0 Å². The third kappa shape index (κ3) is 5.86. The highest BCUT2D eigenvalue weighted by molar-refractivity contribution is 5.86. The molecule has 0 spiro atoms. The molecule has 0 bridgehead atoms. The van der Waals surface area contributed by atoms with Crippen LogP contribution >= 0.6 is 0 Å². The second-order valence-corrected chi connectivity index (χ2v) is 4.14. The molecule has 102 valence electrons. The Hall–Kier alpha value is -2.10. The van der Waals surface area contributed by atoms with Gasteiger partial charge in [-0.2, -0.15) is 0 Å². The minimum atomic E-state index is -1.04. The van der Waals surface area contributed by atoms with Gasteiger partial charge < -0.3 is 9.84 Å². The lowest BCUT2D eigenvalue weighted by Gasteiger charge is -2.07. The van der Waals surface area contributed by atoms with Gasteiger partial charge in [-0.25, -0.2) is 4.79 Å². The van der Waals surface area contributed by atoms with E-state index in [2.05, 4.69) is 6.92 Å². The van der Waals surface area contributed by atoms with Crippen molar-refractivity contribution in [1.29, 1.82) is 0 Å². The van der Waals surface area contributed by atoms with E-state index in [1.54, 1.807) is 24.3 Å². The predicted molar refractivity (Wildman–Crippen MR) is 72.9 cm³/mol. The zero-order chi connectivity index (χ0) is 14.1. The molecule has 0 amide bonds. The molecule has 0 fully saturated rings. The number of aliphatic carboxylic acids is 1. The van der Waals surface area contributed by atoms with Crippen molar-refractivity contribution in [3.8, 4) is 5.75 Å². The summed E-state index contributed by atoms with van der Waals surface area (Å²) < 4.78 is 5.24. The maximum atomic E-state index is 11.6. The van der Waals surface area contributed by atoms with Crippen molar-refractivity contribution in [2.24, 2.45) is 0 Å². The summed E-state index contributed by atoms with van der Waals surface area (Å²) in [6.07, 6.45) is 5.66. The van der Waals surface area contributed by atoms with Crippen LogP contribution in [0, 0.1) is 0 Å². The molecule has 0 aliphatic rings. The average Bonchev–Trinajstić information content (AvgIpc) is 2.38. The van der Waals surface area contributed by atoms with Gasteiger partial charge in [0.05, 0.1) is 0 Å². The summed E-state index contributed by atoms with van der Waals surface area (Å²) in [5.41, 5.74) is 0.578. The SMILES string of the molecule is CCCCCC(=O)Oc1ccccc1/C=C/C(=O)O. The van der Waals surface area contributed by atoms with Gasteiger partial charge >= 0.3 is 11.9 Å². The number of esters is 1. The zero-order valence-corrected chi connectivity index (χ0v) is 11.0. The van der Waals surface area contributed by atoms with Crippen LogP contribution in [0.1, 0.15) is 38.2 Å². The minimum absolute atomic E-state index is 0.287. The molecule has 0 saturated heterocycles. The summed E-state index contributed by atoms with van der Waals surface area (Å²) in [5.74, 6) is -0.935. The maximum absolute atomic E-state index is 11.6. The van der Waals surface area contributed by atoms with Gasteiger partial charge in [0.15, 0.2) is 0 Å². The van der Waals surface area contributed by atoms with E-state index < -0.39 is 5.97 Å². The molecule has 0 aliphatic carbocycles. The Kier molecular flexibility index (Phi) is 6.36. The van der Waals surface area contributed by atoms with Crippen molar-refractivity contribution >= 4 is 18.0 Å². The van der Waals surface area contributed by atoms with Crippen LogP contribution in [-0.4, -0.2) is 17.0 Å². The maximum Gasteiger partial charge on any atom is 0.328 e. The molecule has 0 heterocycles. The Bertz CT molecular complexity index is 463. The van der Waals surface area contributed by atoms with E-state index in [0.29, 0.717) is 17.7 Å². The van der Waals surface area contributed by atoms with Gasteiger partial charge in [-0.05, 0) is 18.6 Å². The topological polar surface area (TPSA) is 63.6 Å². The highest BCUT2D eigenvalue weighted by Crippen LogP contribution is 2.20. The van der Waals surface area contributed by atoms with E-state index >= 15 is 0 Å². The smallest absolute Gasteiger partial charge is 0.328 e. The number of hydrogen-bond acceptors (Lipinski definition) is 3. The highest BCUT2D eigenvalue weighted by Gasteiger charge is 2.07. The summed E-state index contributed by atoms with van der Waals surface area (Å²) in [4.78, 5) is 22.1. The van der Waals surface area contributed by atoms with E-state index in [1.165, 1.54) is 6.08 Å². The quantitative estimate of drug-likeness (QED) is 0.354. The number of rotatable bonds is 7. The zero-order valence-electron chi connectivity index (χ0n) is 11.0. The normalized spacial score (nSPS) is 10.6. The molecule has 0 aromatic heterocycles. The number of unbranched alkanes of at least 4 members (excludes halogenated alkanes) is 2. The molecule has 0 aliphatic heterocycles. The van der Waals surface area contributed by atoms with Crippen molar-refractivity contribution in [2.75, 3.05) is 0 Å². The van der Waals surface area contributed by atoms with Crippen LogP contribution in [0.25, 0.3) is 6.08 Å². The van der Waals surface area contributed by atoms with Crippen LogP contribution < -0.4 is 4.74 Å². The molecule has 1 N–H and O–H groups in total. The Balaban J connectivity index is 2.67. The van der Waals surface area contributed by atoms with Gasteiger partial charge in [0, 0.05) is 18.1 Å². The Labute approximate surface area is 112 Å². The first-order chi connectivity index (χ1) is 9.13. The number of ether oxygens (including phenoxy) is 1. The molecule has 4 heteroatoms. The molecular weight excluding hydrogens is 244 g/mol. The van der Waals surface area contributed by atoms with Crippen LogP contribution in [0.15, 0.2) is 30.3 Å². The van der Waals surface area contributed by atoms with E-state index in [9.17, 15) is 9.59 Å². The molecule has 19 heavy (non-hydrogen) atoms. The van der Waals surface area contributed by atoms with Gasteiger partial charge in [0.2, 0.25) is 0 Å². The molecule has 1 aromatic carbocycles. The highest BCUT2D eigenvalue weighted by atomic mass is 16.5. The summed E-state index contributed by atoms with van der Waals surface area (Å²) >= 11 is 0. The van der Waals surface area contributed by atoms with Crippen LogP contribution in [-0.2, 0) is 9.59 Å². The number of benzene rings is 1. The monoisotopic (exact) mass is 262 g/mol. The van der Waals surface area contributed by atoms with Gasteiger partial charge in [0.25, 0.3) is 0 Å². The summed E-state index contributed by atoms with van der Waals surface area (Å²) in [6, 6.07) is 6.86. The van der Waals surface area contributed by atoms with E-state index in [4.69, 9.17) is 9.84 Å². The average molecular weight is 262 g/mol. The van der Waals surface area contributed by atoms with E-state index in [1.807, 2.05) is 0 Å². The van der Waals surface area contributed by atoms with Crippen molar-refractivity contribution in [2.45, 2.75) is 32.6 Å². The second-order valence-electron chi connectivity index (χ2n) is 4.14. The molecule has 1 rings (SSSR count). The number of carboxylic acid groups (broad SMARTS) is 1. The van der Waals surface area contributed by atoms with Crippen LogP contribution in [0.5, 0.6) is 5.75 Å². The summed E-state index contributed by atoms with van der Waals surface area (Å²) in [6.45, 7) is 2.07. The number of para-hydroxylation sites is 1. The number of hydrogen-bond donors (Lipinski definition) is 1. The van der Waals surface area contributed by atoms with Gasteiger partial charge in [-0.3, -0.25) is 4.79 Å². The first-order valence-corrected chi connectivity index (χ1v) is 6.34. The van der Waals surface area contributed by atoms with Crippen molar-refractivity contribution < 1.29 is 19.4 Å². The standard InChI is InChI=1S/C15H18O4/c1-2-3-4-9-15(18)19-13-8-6-5-7-12(13)10-11-14(16)17/h5-8,10-11H,2-4,9H2,1H3,(H,16,17)/b11-10+. The number of carbonyl (C=O) groups is 2.